The van der Waals surface area contributed by atoms with Crippen LogP contribution in [0.4, 0.5) is 0 Å². The van der Waals surface area contributed by atoms with Crippen molar-refractivity contribution in [2.24, 2.45) is 5.92 Å². The van der Waals surface area contributed by atoms with Crippen LogP contribution in [0.25, 0.3) is 0 Å². The third-order valence-corrected chi connectivity index (χ3v) is 14.9. The van der Waals surface area contributed by atoms with E-state index in [-0.39, 0.29) is 0 Å². The Morgan fingerprint density at radius 3 is 1.12 bits per heavy atom. The maximum Gasteiger partial charge on any atom is -0.0206 e. The molecule has 0 amide bonds. The summed E-state index contributed by atoms with van der Waals surface area (Å²) in [6.07, 6.45) is 23.3. The largest absolute Gasteiger partial charge is 0.0968 e. The van der Waals surface area contributed by atoms with Gasteiger partial charge in [0.15, 0.2) is 0 Å². The van der Waals surface area contributed by atoms with Crippen molar-refractivity contribution >= 4 is 12.2 Å². The van der Waals surface area contributed by atoms with Gasteiger partial charge in [-0.25, -0.2) is 0 Å². The van der Waals surface area contributed by atoms with E-state index < -0.39 is 6.89 Å². The van der Waals surface area contributed by atoms with E-state index in [4.69, 9.17) is 0 Å². The molecule has 0 radical (unpaired) electrons. The van der Waals surface area contributed by atoms with Gasteiger partial charge in [-0.2, -0.15) is 0 Å². The maximum absolute atomic E-state index is 2.65. The highest BCUT2D eigenvalue weighted by Crippen LogP contribution is 2.70. The summed E-state index contributed by atoms with van der Waals surface area (Å²) < 4.78 is 0. The second kappa shape index (κ2) is 8.79. The molecule has 0 N–H and O–H groups in total. The Morgan fingerprint density at radius 1 is 0.583 bits per heavy atom. The van der Waals surface area contributed by atoms with E-state index in [9.17, 15) is 0 Å². The Hall–Kier alpha value is 0.300. The fraction of sp³-hybridized carbons (Fsp3) is 0.957. The van der Waals surface area contributed by atoms with Crippen LogP contribution >= 0.6 is 6.89 Å². The molecule has 0 aromatic rings. The maximum atomic E-state index is 2.65. The lowest BCUT2D eigenvalue weighted by Gasteiger charge is -2.52. The van der Waals surface area contributed by atoms with Crippen LogP contribution < -0.4 is 0 Å². The monoisotopic (exact) mass is 350 g/mol. The van der Waals surface area contributed by atoms with Crippen molar-refractivity contribution in [1.29, 1.82) is 0 Å². The van der Waals surface area contributed by atoms with Crippen LogP contribution in [0.5, 0.6) is 0 Å². The van der Waals surface area contributed by atoms with Gasteiger partial charge < -0.3 is 0 Å². The van der Waals surface area contributed by atoms with Gasteiger partial charge in [0.25, 0.3) is 0 Å². The van der Waals surface area contributed by atoms with E-state index in [2.05, 4.69) is 20.8 Å². The minimum Gasteiger partial charge on any atom is -0.0968 e. The van der Waals surface area contributed by atoms with Crippen LogP contribution in [-0.4, -0.2) is 22.3 Å². The Morgan fingerprint density at radius 2 is 0.875 bits per heavy atom. The predicted octanol–water partition coefficient (Wildman–Crippen LogP) is 7.85. The molecule has 3 aliphatic rings. The van der Waals surface area contributed by atoms with E-state index in [0.29, 0.717) is 0 Å². The third kappa shape index (κ3) is 3.70. The summed E-state index contributed by atoms with van der Waals surface area (Å²) in [4.78, 5) is 0. The first-order chi connectivity index (χ1) is 11.7. The molecule has 0 atom stereocenters. The summed E-state index contributed by atoms with van der Waals surface area (Å²) >= 11 is 0. The summed E-state index contributed by atoms with van der Waals surface area (Å²) in [5, 5.41) is 2.04. The van der Waals surface area contributed by atoms with Crippen LogP contribution in [0.2, 0.25) is 0 Å². The summed E-state index contributed by atoms with van der Waals surface area (Å²) in [5.74, 6) is 0.823. The van der Waals surface area contributed by atoms with Gasteiger partial charge in [-0.3, -0.25) is 0 Å². The Kier molecular flexibility index (Phi) is 6.99. The van der Waals surface area contributed by atoms with Crippen LogP contribution in [0, 0.1) is 5.92 Å². The molecule has 0 nitrogen and oxygen atoms in total. The van der Waals surface area contributed by atoms with Gasteiger partial charge in [0.05, 0.1) is 0 Å². The van der Waals surface area contributed by atoms with E-state index in [0.717, 1.165) is 22.9 Å². The first-order valence-electron chi connectivity index (χ1n) is 11.4. The molecular weight excluding hydrogens is 307 g/mol. The van der Waals surface area contributed by atoms with E-state index in [1.54, 1.807) is 38.5 Å². The van der Waals surface area contributed by atoms with Crippen molar-refractivity contribution in [3.05, 3.63) is 0 Å². The Labute approximate surface area is 152 Å². The van der Waals surface area contributed by atoms with Crippen molar-refractivity contribution in [2.45, 2.75) is 134 Å². The highest BCUT2D eigenvalue weighted by Gasteiger charge is 2.44. The highest BCUT2D eigenvalue weighted by molar-refractivity contribution is 7.78. The van der Waals surface area contributed by atoms with E-state index >= 15 is 0 Å². The number of hydrogen-bond acceptors (Lipinski definition) is 0. The standard InChI is InChI=1S/C23H43P/c1-19(2)20(3)24(21-13-7-4-8-14-21,22-15-9-5-10-16-22)23-17-11-6-12-18-23/h19,21-23H,4-18H2,1-3H3. The van der Waals surface area contributed by atoms with Crippen LogP contribution in [0.1, 0.15) is 117 Å². The molecule has 0 aliphatic heterocycles. The molecule has 0 unspecified atom stereocenters. The molecule has 0 spiro atoms. The van der Waals surface area contributed by atoms with Gasteiger partial charge in [-0.15, -0.1) is 0 Å². The molecule has 3 rings (SSSR count). The normalized spacial score (nSPS) is 26.0. The zero-order valence-corrected chi connectivity index (χ0v) is 17.8. The molecule has 140 valence electrons. The van der Waals surface area contributed by atoms with Crippen LogP contribution in [-0.2, 0) is 0 Å². The van der Waals surface area contributed by atoms with Crippen LogP contribution in [0.3, 0.4) is 0 Å². The van der Waals surface area contributed by atoms with Crippen molar-refractivity contribution in [2.75, 3.05) is 0 Å². The lowest BCUT2D eigenvalue weighted by molar-refractivity contribution is 0.457. The molecule has 0 bridgehead atoms. The van der Waals surface area contributed by atoms with Gasteiger partial charge in [0, 0.05) is 0 Å². The van der Waals surface area contributed by atoms with Gasteiger partial charge >= 0.3 is 0 Å². The zero-order chi connectivity index (χ0) is 17.0. The molecule has 24 heavy (non-hydrogen) atoms. The number of hydrogen-bond donors (Lipinski definition) is 0. The molecule has 0 aromatic heterocycles. The predicted molar refractivity (Wildman–Crippen MR) is 113 cm³/mol. The van der Waals surface area contributed by atoms with Crippen LogP contribution in [0.15, 0.2) is 0 Å². The van der Waals surface area contributed by atoms with E-state index in [1.165, 1.54) is 57.8 Å². The summed E-state index contributed by atoms with van der Waals surface area (Å²) in [7, 11) is 0. The Bertz CT molecular complexity index is 377. The Balaban J connectivity index is 2.08. The lowest BCUT2D eigenvalue weighted by atomic mass is 9.99. The first-order valence-corrected chi connectivity index (χ1v) is 13.4. The minimum atomic E-state index is -0.953. The second-order valence-electron chi connectivity index (χ2n) is 9.51. The molecule has 3 saturated carbocycles. The first kappa shape index (κ1) is 19.1. The summed E-state index contributed by atoms with van der Waals surface area (Å²) in [5.41, 5.74) is 3.37. The topological polar surface area (TPSA) is 0 Å². The quantitative estimate of drug-likeness (QED) is 0.453. The fourth-order valence-electron chi connectivity index (χ4n) is 6.73. The molecule has 0 aromatic carbocycles. The average Bonchev–Trinajstić information content (AvgIpc) is 2.65. The summed E-state index contributed by atoms with van der Waals surface area (Å²) in [6.45, 7) is 6.75. The average molecular weight is 351 g/mol. The number of rotatable bonds is 4. The molecule has 3 fully saturated rings. The fourth-order valence-corrected chi connectivity index (χ4v) is 14.8. The zero-order valence-electron chi connectivity index (χ0n) is 16.9. The van der Waals surface area contributed by atoms with Crippen molar-refractivity contribution < 1.29 is 0 Å². The molecule has 0 saturated heterocycles. The third-order valence-electron chi connectivity index (χ3n) is 7.98. The molecule has 1 heteroatoms. The smallest absolute Gasteiger partial charge is 0.0206 e. The SMILES string of the molecule is CC(C(C)C)=P(C1CCCCC1)(C1CCCCC1)C1CCCCC1. The molecule has 3 aliphatic carbocycles. The second-order valence-corrected chi connectivity index (χ2v) is 14.1. The van der Waals surface area contributed by atoms with Gasteiger partial charge in [0.2, 0.25) is 0 Å². The lowest BCUT2D eigenvalue weighted by Crippen LogP contribution is -2.35. The highest BCUT2D eigenvalue weighted by atomic mass is 31.2. The van der Waals surface area contributed by atoms with Crippen molar-refractivity contribution in [3.63, 3.8) is 0 Å². The minimum absolute atomic E-state index is 0.823. The molecular formula is C23H43P. The molecule has 0 heterocycles. The van der Waals surface area contributed by atoms with Crippen molar-refractivity contribution in [1.82, 2.24) is 0 Å². The van der Waals surface area contributed by atoms with Gasteiger partial charge in [-0.1, -0.05) is 83.8 Å². The summed E-state index contributed by atoms with van der Waals surface area (Å²) in [6, 6.07) is 0. The van der Waals surface area contributed by atoms with E-state index in [1.807, 2.05) is 5.29 Å². The van der Waals surface area contributed by atoms with Crippen molar-refractivity contribution in [3.8, 4) is 0 Å². The van der Waals surface area contributed by atoms with Gasteiger partial charge in [0.1, 0.15) is 0 Å². The van der Waals surface area contributed by atoms with Gasteiger partial charge in [-0.05, 0) is 68.3 Å².